The monoisotopic (exact) mass is 414 g/mol. The number of hydrogen-bond donors (Lipinski definition) is 1. The molecule has 1 amide bonds. The maximum atomic E-state index is 12.5. The molecular weight excluding hydrogens is 388 g/mol. The van der Waals surface area contributed by atoms with E-state index in [1.807, 2.05) is 69.3 Å². The minimum Gasteiger partial charge on any atom is -0.483 e. The molecule has 0 aliphatic heterocycles. The topological polar surface area (TPSA) is 64.4 Å². The van der Waals surface area contributed by atoms with Crippen molar-refractivity contribution < 1.29 is 13.9 Å². The molecule has 1 aromatic heterocycles. The van der Waals surface area contributed by atoms with Gasteiger partial charge in [-0.2, -0.15) is 0 Å². The van der Waals surface area contributed by atoms with E-state index in [0.29, 0.717) is 11.6 Å². The van der Waals surface area contributed by atoms with Gasteiger partial charge in [0.2, 0.25) is 5.89 Å². The molecule has 31 heavy (non-hydrogen) atoms. The van der Waals surface area contributed by atoms with Gasteiger partial charge in [0.05, 0.1) is 0 Å². The first-order valence-electron chi connectivity index (χ1n) is 10.3. The number of oxazole rings is 1. The average molecular weight is 415 g/mol. The summed E-state index contributed by atoms with van der Waals surface area (Å²) in [6, 6.07) is 15.6. The molecule has 0 aliphatic rings. The molecule has 0 atom stereocenters. The summed E-state index contributed by atoms with van der Waals surface area (Å²) in [4.78, 5) is 17.1. The Labute approximate surface area is 182 Å². The molecule has 4 rings (SSSR count). The fraction of sp³-hybridized carbons (Fsp3) is 0.231. The van der Waals surface area contributed by atoms with Crippen LogP contribution >= 0.6 is 0 Å². The van der Waals surface area contributed by atoms with Crippen LogP contribution in [0.5, 0.6) is 5.75 Å². The van der Waals surface area contributed by atoms with Gasteiger partial charge in [0.1, 0.15) is 11.3 Å². The minimum atomic E-state index is -0.218. The fourth-order valence-corrected chi connectivity index (χ4v) is 3.40. The van der Waals surface area contributed by atoms with Crippen molar-refractivity contribution >= 4 is 22.7 Å². The Morgan fingerprint density at radius 1 is 0.935 bits per heavy atom. The molecule has 3 aromatic carbocycles. The zero-order valence-electron chi connectivity index (χ0n) is 18.5. The first kappa shape index (κ1) is 20.7. The highest BCUT2D eigenvalue weighted by Gasteiger charge is 2.13. The molecule has 5 nitrogen and oxygen atoms in total. The van der Waals surface area contributed by atoms with E-state index in [4.69, 9.17) is 9.15 Å². The summed E-state index contributed by atoms with van der Waals surface area (Å²) in [5.41, 5.74) is 8.55. The number of fused-ring (bicyclic) bond motifs is 1. The second kappa shape index (κ2) is 8.26. The zero-order valence-corrected chi connectivity index (χ0v) is 18.5. The number of hydrogen-bond acceptors (Lipinski definition) is 4. The number of aryl methyl sites for hydroxylation is 4. The van der Waals surface area contributed by atoms with Crippen molar-refractivity contribution in [3.63, 3.8) is 0 Å². The standard InChI is InChI=1S/C26H26N2O3/c1-15-7-6-8-23(19(15)5)30-14-25(29)27-21-13-20(10-9-16(21)2)26-28-22-11-17(3)18(4)12-24(22)31-26/h6-13H,14H2,1-5H3,(H,27,29). The van der Waals surface area contributed by atoms with Gasteiger partial charge in [0.25, 0.3) is 5.91 Å². The number of aromatic nitrogens is 1. The van der Waals surface area contributed by atoms with E-state index >= 15 is 0 Å². The number of carbonyl (C=O) groups is 1. The number of amides is 1. The van der Waals surface area contributed by atoms with E-state index in [9.17, 15) is 4.79 Å². The Hall–Kier alpha value is -3.60. The molecule has 0 fully saturated rings. The summed E-state index contributed by atoms with van der Waals surface area (Å²) in [6.45, 7) is 10.0. The van der Waals surface area contributed by atoms with Crippen molar-refractivity contribution in [3.8, 4) is 17.2 Å². The van der Waals surface area contributed by atoms with Crippen LogP contribution in [0.4, 0.5) is 5.69 Å². The Morgan fingerprint density at radius 2 is 1.71 bits per heavy atom. The van der Waals surface area contributed by atoms with E-state index in [-0.39, 0.29) is 12.5 Å². The molecule has 1 heterocycles. The third-order valence-corrected chi connectivity index (χ3v) is 5.68. The number of nitrogens with one attached hydrogen (secondary N) is 1. The fourth-order valence-electron chi connectivity index (χ4n) is 3.40. The van der Waals surface area contributed by atoms with E-state index in [1.54, 1.807) is 0 Å². The third-order valence-electron chi connectivity index (χ3n) is 5.68. The van der Waals surface area contributed by atoms with Crippen molar-refractivity contribution in [2.75, 3.05) is 11.9 Å². The van der Waals surface area contributed by atoms with Crippen LogP contribution in [0.1, 0.15) is 27.8 Å². The van der Waals surface area contributed by atoms with Crippen molar-refractivity contribution in [3.05, 3.63) is 76.3 Å². The van der Waals surface area contributed by atoms with Gasteiger partial charge in [-0.1, -0.05) is 18.2 Å². The molecule has 0 aliphatic carbocycles. The van der Waals surface area contributed by atoms with Gasteiger partial charge in [-0.3, -0.25) is 4.79 Å². The zero-order chi connectivity index (χ0) is 22.1. The summed E-state index contributed by atoms with van der Waals surface area (Å²) in [7, 11) is 0. The third kappa shape index (κ3) is 4.31. The molecule has 5 heteroatoms. The van der Waals surface area contributed by atoms with Crippen LogP contribution in [0.25, 0.3) is 22.6 Å². The molecule has 0 unspecified atom stereocenters. The number of rotatable bonds is 5. The lowest BCUT2D eigenvalue weighted by molar-refractivity contribution is -0.118. The quantitative estimate of drug-likeness (QED) is 0.431. The van der Waals surface area contributed by atoms with Gasteiger partial charge in [-0.25, -0.2) is 4.98 Å². The average Bonchev–Trinajstić information content (AvgIpc) is 3.13. The first-order valence-corrected chi connectivity index (χ1v) is 10.3. The maximum Gasteiger partial charge on any atom is 0.262 e. The Balaban J connectivity index is 1.52. The van der Waals surface area contributed by atoms with Crippen LogP contribution in [0.15, 0.2) is 52.9 Å². The number of nitrogens with zero attached hydrogens (tertiary/aromatic N) is 1. The molecule has 0 radical (unpaired) electrons. The highest BCUT2D eigenvalue weighted by atomic mass is 16.5. The molecule has 1 N–H and O–H groups in total. The van der Waals surface area contributed by atoms with Crippen LogP contribution in [-0.4, -0.2) is 17.5 Å². The normalized spacial score (nSPS) is 11.0. The van der Waals surface area contributed by atoms with Gasteiger partial charge in [-0.15, -0.1) is 0 Å². The number of anilines is 1. The van der Waals surface area contributed by atoms with Crippen LogP contribution in [-0.2, 0) is 4.79 Å². The van der Waals surface area contributed by atoms with Gasteiger partial charge in [0, 0.05) is 11.3 Å². The Morgan fingerprint density at radius 3 is 2.52 bits per heavy atom. The minimum absolute atomic E-state index is 0.0601. The van der Waals surface area contributed by atoms with Crippen LogP contribution in [0.3, 0.4) is 0 Å². The lowest BCUT2D eigenvalue weighted by Gasteiger charge is -2.12. The largest absolute Gasteiger partial charge is 0.483 e. The van der Waals surface area contributed by atoms with Crippen molar-refractivity contribution in [2.45, 2.75) is 34.6 Å². The van der Waals surface area contributed by atoms with Crippen LogP contribution in [0.2, 0.25) is 0 Å². The van der Waals surface area contributed by atoms with Crippen LogP contribution in [0, 0.1) is 34.6 Å². The molecular formula is C26H26N2O3. The predicted octanol–water partition coefficient (Wildman–Crippen LogP) is 6.05. The maximum absolute atomic E-state index is 12.5. The number of ether oxygens (including phenoxy) is 1. The van der Waals surface area contributed by atoms with E-state index in [2.05, 4.69) is 24.1 Å². The van der Waals surface area contributed by atoms with E-state index in [1.165, 1.54) is 5.56 Å². The predicted molar refractivity (Wildman–Crippen MR) is 124 cm³/mol. The van der Waals surface area contributed by atoms with Gasteiger partial charge in [-0.05, 0) is 92.8 Å². The summed E-state index contributed by atoms with van der Waals surface area (Å²) >= 11 is 0. The molecule has 158 valence electrons. The number of benzene rings is 3. The van der Waals surface area contributed by atoms with Gasteiger partial charge >= 0.3 is 0 Å². The summed E-state index contributed by atoms with van der Waals surface area (Å²) in [5, 5.41) is 2.94. The van der Waals surface area contributed by atoms with Gasteiger partial charge < -0.3 is 14.5 Å². The van der Waals surface area contributed by atoms with Crippen molar-refractivity contribution in [2.24, 2.45) is 0 Å². The lowest BCUT2D eigenvalue weighted by atomic mass is 10.1. The number of carbonyl (C=O) groups excluding carboxylic acids is 1. The first-order chi connectivity index (χ1) is 14.8. The molecule has 0 spiro atoms. The second-order valence-electron chi connectivity index (χ2n) is 7.99. The molecule has 4 aromatic rings. The Bertz CT molecular complexity index is 1250. The SMILES string of the molecule is Cc1cc2nc(-c3ccc(C)c(NC(=O)COc4cccc(C)c4C)c3)oc2cc1C. The molecule has 0 saturated carbocycles. The molecule has 0 saturated heterocycles. The Kier molecular flexibility index (Phi) is 5.51. The van der Waals surface area contributed by atoms with Crippen LogP contribution < -0.4 is 10.1 Å². The highest BCUT2D eigenvalue weighted by molar-refractivity contribution is 5.93. The molecule has 0 bridgehead atoms. The van der Waals surface area contributed by atoms with Crippen molar-refractivity contribution in [1.29, 1.82) is 0 Å². The summed E-state index contributed by atoms with van der Waals surface area (Å²) in [6.07, 6.45) is 0. The highest BCUT2D eigenvalue weighted by Crippen LogP contribution is 2.29. The van der Waals surface area contributed by atoms with E-state index in [0.717, 1.165) is 44.7 Å². The van der Waals surface area contributed by atoms with Crippen molar-refractivity contribution in [1.82, 2.24) is 4.98 Å². The smallest absolute Gasteiger partial charge is 0.262 e. The van der Waals surface area contributed by atoms with Gasteiger partial charge in [0.15, 0.2) is 12.2 Å². The van der Waals surface area contributed by atoms with E-state index < -0.39 is 0 Å². The second-order valence-corrected chi connectivity index (χ2v) is 7.99. The summed E-state index contributed by atoms with van der Waals surface area (Å²) < 4.78 is 11.7. The summed E-state index contributed by atoms with van der Waals surface area (Å²) in [5.74, 6) is 1.03. The lowest BCUT2D eigenvalue weighted by Crippen LogP contribution is -2.21.